The van der Waals surface area contributed by atoms with E-state index in [1.54, 1.807) is 11.8 Å². The summed E-state index contributed by atoms with van der Waals surface area (Å²) < 4.78 is 0. The van der Waals surface area contributed by atoms with Crippen molar-refractivity contribution in [3.05, 3.63) is 23.9 Å². The van der Waals surface area contributed by atoms with E-state index in [-0.39, 0.29) is 5.25 Å². The lowest BCUT2D eigenvalue weighted by Crippen LogP contribution is -2.43. The minimum Gasteiger partial charge on any atom is -0.354 e. The van der Waals surface area contributed by atoms with E-state index in [0.29, 0.717) is 6.42 Å². The molecule has 118 valence electrons. The van der Waals surface area contributed by atoms with Crippen molar-refractivity contribution in [2.45, 2.75) is 32.4 Å². The zero-order chi connectivity index (χ0) is 15.5. The molecule has 1 aliphatic rings. The summed E-state index contributed by atoms with van der Waals surface area (Å²) in [6, 6.07) is 4.19. The number of piperazine rings is 1. The van der Waals surface area contributed by atoms with E-state index in [4.69, 9.17) is 0 Å². The lowest BCUT2D eigenvalue weighted by molar-refractivity contribution is -0.107. The molecule has 0 radical (unpaired) electrons. The quantitative estimate of drug-likeness (QED) is 0.819. The highest BCUT2D eigenvalue weighted by atomic mass is 32.2. The summed E-state index contributed by atoms with van der Waals surface area (Å²) in [5.74, 6) is 2.05. The van der Waals surface area contributed by atoms with Crippen molar-refractivity contribution in [1.29, 1.82) is 0 Å². The number of nitrogens with one attached hydrogen (secondary N) is 1. The molecule has 4 nitrogen and oxygen atoms in total. The van der Waals surface area contributed by atoms with E-state index in [0.717, 1.165) is 49.6 Å². The molecule has 1 N–H and O–H groups in total. The van der Waals surface area contributed by atoms with Gasteiger partial charge in [0.15, 0.2) is 0 Å². The molecule has 5 heteroatoms. The second-order valence-electron chi connectivity index (χ2n) is 4.53. The van der Waals surface area contributed by atoms with Gasteiger partial charge in [-0.25, -0.2) is 4.98 Å². The summed E-state index contributed by atoms with van der Waals surface area (Å²) in [6.07, 6.45) is 3.49. The molecule has 1 saturated heterocycles. The van der Waals surface area contributed by atoms with Gasteiger partial charge in [0.1, 0.15) is 12.1 Å². The van der Waals surface area contributed by atoms with E-state index < -0.39 is 0 Å². The molecule has 1 atom stereocenters. The Bertz CT molecular complexity index is 391. The number of carbonyl (C=O) groups is 1. The van der Waals surface area contributed by atoms with Gasteiger partial charge < -0.3 is 15.0 Å². The van der Waals surface area contributed by atoms with E-state index >= 15 is 0 Å². The van der Waals surface area contributed by atoms with Gasteiger partial charge in [-0.2, -0.15) is 11.8 Å². The number of carbonyl (C=O) groups excluding carboxylic acids is 1. The molecule has 1 unspecified atom stereocenters. The van der Waals surface area contributed by atoms with Crippen molar-refractivity contribution in [3.63, 3.8) is 0 Å². The van der Waals surface area contributed by atoms with Gasteiger partial charge in [-0.05, 0) is 17.4 Å². The van der Waals surface area contributed by atoms with E-state index in [9.17, 15) is 4.79 Å². The number of thioether (sulfide) groups is 1. The maximum absolute atomic E-state index is 10.7. The molecule has 0 bridgehead atoms. The first-order chi connectivity index (χ1) is 10.3. The Hall–Kier alpha value is -1.07. The van der Waals surface area contributed by atoms with E-state index in [1.807, 2.05) is 20.0 Å². The molecule has 1 aliphatic heterocycles. The SMILES string of the molecule is CC.CCSC(CC=O)c1ccc(N2CCNCC2)nc1. The first-order valence-corrected chi connectivity index (χ1v) is 8.87. The van der Waals surface area contributed by atoms with Crippen molar-refractivity contribution in [2.75, 3.05) is 36.8 Å². The predicted octanol–water partition coefficient (Wildman–Crippen LogP) is 2.90. The maximum atomic E-state index is 10.7. The minimum atomic E-state index is 0.243. The number of aldehydes is 1. The van der Waals surface area contributed by atoms with E-state index in [1.165, 1.54) is 0 Å². The van der Waals surface area contributed by atoms with Crippen LogP contribution in [0.1, 0.15) is 38.0 Å². The van der Waals surface area contributed by atoms with Crippen LogP contribution in [0.25, 0.3) is 0 Å². The molecule has 0 amide bonds. The van der Waals surface area contributed by atoms with Crippen LogP contribution in [-0.4, -0.2) is 43.2 Å². The van der Waals surface area contributed by atoms with Gasteiger partial charge in [-0.3, -0.25) is 0 Å². The van der Waals surface area contributed by atoms with Gasteiger partial charge in [0, 0.05) is 44.0 Å². The standard InChI is InChI=1S/C14H21N3OS.C2H6/c1-2-19-13(5-10-18)12-3-4-14(16-11-12)17-8-6-15-7-9-17;1-2/h3-4,10-11,13,15H,2,5-9H2,1H3;1-2H3. The molecule has 0 aliphatic carbocycles. The Labute approximate surface area is 132 Å². The number of hydrogen-bond donors (Lipinski definition) is 1. The van der Waals surface area contributed by atoms with Crippen LogP contribution in [0.15, 0.2) is 18.3 Å². The van der Waals surface area contributed by atoms with Crippen molar-refractivity contribution >= 4 is 23.9 Å². The molecule has 1 aromatic heterocycles. The van der Waals surface area contributed by atoms with Gasteiger partial charge in [0.25, 0.3) is 0 Å². The number of pyridine rings is 1. The third-order valence-electron chi connectivity index (χ3n) is 3.26. The van der Waals surface area contributed by atoms with Crippen LogP contribution in [0.4, 0.5) is 5.82 Å². The summed E-state index contributed by atoms with van der Waals surface area (Å²) in [5.41, 5.74) is 1.15. The molecule has 21 heavy (non-hydrogen) atoms. The summed E-state index contributed by atoms with van der Waals surface area (Å²) in [5, 5.41) is 3.58. The predicted molar refractivity (Wildman–Crippen MR) is 92.2 cm³/mol. The van der Waals surface area contributed by atoms with Crippen molar-refractivity contribution in [2.24, 2.45) is 0 Å². The average molecular weight is 309 g/mol. The largest absolute Gasteiger partial charge is 0.354 e. The molecule has 1 fully saturated rings. The average Bonchev–Trinajstić information content (AvgIpc) is 2.57. The van der Waals surface area contributed by atoms with Gasteiger partial charge in [-0.15, -0.1) is 0 Å². The Morgan fingerprint density at radius 1 is 1.38 bits per heavy atom. The lowest BCUT2D eigenvalue weighted by Gasteiger charge is -2.28. The number of nitrogens with zero attached hydrogens (tertiary/aromatic N) is 2. The van der Waals surface area contributed by atoms with Gasteiger partial charge >= 0.3 is 0 Å². The highest BCUT2D eigenvalue weighted by Crippen LogP contribution is 2.31. The second kappa shape index (κ2) is 10.6. The Balaban J connectivity index is 0.00000106. The first-order valence-electron chi connectivity index (χ1n) is 7.82. The summed E-state index contributed by atoms with van der Waals surface area (Å²) >= 11 is 1.80. The number of anilines is 1. The minimum absolute atomic E-state index is 0.243. The lowest BCUT2D eigenvalue weighted by atomic mass is 10.1. The van der Waals surface area contributed by atoms with Gasteiger partial charge in [0.2, 0.25) is 0 Å². The molecule has 0 aromatic carbocycles. The Morgan fingerprint density at radius 3 is 2.62 bits per heavy atom. The molecule has 0 saturated carbocycles. The molecular weight excluding hydrogens is 282 g/mol. The fraction of sp³-hybridized carbons (Fsp3) is 0.625. The summed E-state index contributed by atoms with van der Waals surface area (Å²) in [4.78, 5) is 17.6. The highest BCUT2D eigenvalue weighted by Gasteiger charge is 2.14. The Morgan fingerprint density at radius 2 is 2.10 bits per heavy atom. The third kappa shape index (κ3) is 5.67. The molecular formula is C16H27N3OS. The fourth-order valence-electron chi connectivity index (χ4n) is 2.26. The van der Waals surface area contributed by atoms with Crippen LogP contribution in [-0.2, 0) is 4.79 Å². The van der Waals surface area contributed by atoms with Gasteiger partial charge in [-0.1, -0.05) is 26.8 Å². The van der Waals surface area contributed by atoms with Crippen molar-refractivity contribution < 1.29 is 4.79 Å². The van der Waals surface area contributed by atoms with Crippen LogP contribution in [0.5, 0.6) is 0 Å². The number of aromatic nitrogens is 1. The summed E-state index contributed by atoms with van der Waals surface area (Å²) in [7, 11) is 0. The number of hydrogen-bond acceptors (Lipinski definition) is 5. The molecule has 1 aromatic rings. The van der Waals surface area contributed by atoms with Gasteiger partial charge in [0.05, 0.1) is 0 Å². The number of rotatable bonds is 6. The normalized spacial score (nSPS) is 15.9. The van der Waals surface area contributed by atoms with Crippen LogP contribution < -0.4 is 10.2 Å². The third-order valence-corrected chi connectivity index (χ3v) is 4.46. The van der Waals surface area contributed by atoms with Crippen LogP contribution in [0, 0.1) is 0 Å². The zero-order valence-corrected chi connectivity index (χ0v) is 14.2. The van der Waals surface area contributed by atoms with Crippen LogP contribution in [0.2, 0.25) is 0 Å². The molecule has 0 spiro atoms. The monoisotopic (exact) mass is 309 g/mol. The molecule has 2 heterocycles. The highest BCUT2D eigenvalue weighted by molar-refractivity contribution is 7.99. The first kappa shape index (κ1) is 18.0. The van der Waals surface area contributed by atoms with Crippen molar-refractivity contribution in [1.82, 2.24) is 10.3 Å². The topological polar surface area (TPSA) is 45.2 Å². The van der Waals surface area contributed by atoms with E-state index in [2.05, 4.69) is 34.3 Å². The molecule has 2 rings (SSSR count). The van der Waals surface area contributed by atoms with Crippen LogP contribution in [0.3, 0.4) is 0 Å². The maximum Gasteiger partial charge on any atom is 0.128 e. The fourth-order valence-corrected chi connectivity index (χ4v) is 3.21. The van der Waals surface area contributed by atoms with Crippen molar-refractivity contribution in [3.8, 4) is 0 Å². The Kier molecular flexibility index (Phi) is 9.10. The van der Waals surface area contributed by atoms with Crippen LogP contribution >= 0.6 is 11.8 Å². The second-order valence-corrected chi connectivity index (χ2v) is 6.01. The smallest absolute Gasteiger partial charge is 0.128 e. The zero-order valence-electron chi connectivity index (χ0n) is 13.3. The summed E-state index contributed by atoms with van der Waals surface area (Å²) in [6.45, 7) is 10.2.